The number of para-hydroxylation sites is 1. The van der Waals surface area contributed by atoms with Gasteiger partial charge in [0, 0.05) is 12.6 Å². The lowest BCUT2D eigenvalue weighted by Crippen LogP contribution is -2.38. The van der Waals surface area contributed by atoms with Crippen LogP contribution < -0.4 is 5.32 Å². The molecule has 1 aromatic carbocycles. The summed E-state index contributed by atoms with van der Waals surface area (Å²) in [5.41, 5.74) is 1.88. The molecule has 2 aromatic rings. The lowest BCUT2D eigenvalue weighted by atomic mass is 10.2. The molecule has 0 unspecified atom stereocenters. The topological polar surface area (TPSA) is 84.2 Å². The maximum absolute atomic E-state index is 11.6. The van der Waals surface area contributed by atoms with Crippen molar-refractivity contribution in [3.8, 4) is 5.69 Å². The first-order chi connectivity index (χ1) is 10.1. The van der Waals surface area contributed by atoms with Gasteiger partial charge in [0.2, 0.25) is 5.91 Å². The zero-order valence-corrected chi connectivity index (χ0v) is 11.7. The summed E-state index contributed by atoms with van der Waals surface area (Å²) in [5, 5.41) is 15.4. The molecule has 0 saturated carbocycles. The molecule has 21 heavy (non-hydrogen) atoms. The third-order valence-electron chi connectivity index (χ3n) is 3.05. The van der Waals surface area contributed by atoms with Gasteiger partial charge in [0.25, 0.3) is 0 Å². The van der Waals surface area contributed by atoms with Gasteiger partial charge in [-0.1, -0.05) is 18.2 Å². The summed E-state index contributed by atoms with van der Waals surface area (Å²) in [5.74, 6) is -1.32. The smallest absolute Gasteiger partial charge is 0.325 e. The van der Waals surface area contributed by atoms with E-state index in [4.69, 9.17) is 5.11 Å². The van der Waals surface area contributed by atoms with Crippen molar-refractivity contribution in [3.63, 3.8) is 0 Å². The molecule has 6 nitrogen and oxygen atoms in total. The fourth-order valence-corrected chi connectivity index (χ4v) is 1.84. The number of carboxylic acids is 1. The van der Waals surface area contributed by atoms with Gasteiger partial charge in [0.1, 0.15) is 6.04 Å². The predicted octanol–water partition coefficient (Wildman–Crippen LogP) is 1.39. The second kappa shape index (κ2) is 6.69. The molecule has 110 valence electrons. The molecule has 0 saturated heterocycles. The highest BCUT2D eigenvalue weighted by Gasteiger charge is 2.13. The molecule has 1 amide bonds. The number of carboxylic acid groups (broad SMARTS) is 1. The van der Waals surface area contributed by atoms with Crippen LogP contribution in [0.3, 0.4) is 0 Å². The molecule has 0 aliphatic carbocycles. The van der Waals surface area contributed by atoms with Crippen molar-refractivity contribution >= 4 is 11.9 Å². The van der Waals surface area contributed by atoms with E-state index in [1.54, 1.807) is 10.9 Å². The Bertz CT molecular complexity index is 622. The molecule has 0 spiro atoms. The van der Waals surface area contributed by atoms with Crippen LogP contribution in [-0.4, -0.2) is 32.8 Å². The maximum Gasteiger partial charge on any atom is 0.325 e. The Kier molecular flexibility index (Phi) is 4.71. The van der Waals surface area contributed by atoms with Crippen LogP contribution in [-0.2, 0) is 16.0 Å². The molecule has 1 atom stereocenters. The Balaban J connectivity index is 1.89. The third kappa shape index (κ3) is 4.17. The average Bonchev–Trinajstić information content (AvgIpc) is 2.95. The third-order valence-corrected chi connectivity index (χ3v) is 3.05. The Morgan fingerprint density at radius 2 is 2.05 bits per heavy atom. The van der Waals surface area contributed by atoms with E-state index in [9.17, 15) is 9.59 Å². The van der Waals surface area contributed by atoms with Crippen LogP contribution in [0.15, 0.2) is 42.7 Å². The second-order valence-corrected chi connectivity index (χ2v) is 4.76. The summed E-state index contributed by atoms with van der Waals surface area (Å²) in [6.07, 6.45) is 4.33. The Hall–Kier alpha value is -2.63. The quantitative estimate of drug-likeness (QED) is 0.841. The molecular formula is C15H17N3O3. The van der Waals surface area contributed by atoms with E-state index in [1.807, 2.05) is 36.5 Å². The molecule has 6 heteroatoms. The lowest BCUT2D eigenvalue weighted by Gasteiger charge is -2.08. The number of aliphatic carboxylic acids is 1. The van der Waals surface area contributed by atoms with Crippen molar-refractivity contribution in [1.29, 1.82) is 0 Å². The minimum Gasteiger partial charge on any atom is -0.480 e. The molecule has 2 N–H and O–H groups in total. The summed E-state index contributed by atoms with van der Waals surface area (Å²) >= 11 is 0. The van der Waals surface area contributed by atoms with Crippen molar-refractivity contribution in [2.75, 3.05) is 0 Å². The first-order valence-electron chi connectivity index (χ1n) is 6.67. The number of benzene rings is 1. The van der Waals surface area contributed by atoms with Crippen LogP contribution in [0.25, 0.3) is 5.69 Å². The van der Waals surface area contributed by atoms with Crippen LogP contribution in [0.5, 0.6) is 0 Å². The Labute approximate surface area is 122 Å². The fraction of sp³-hybridized carbons (Fsp3) is 0.267. The molecule has 1 heterocycles. The van der Waals surface area contributed by atoms with Gasteiger partial charge in [0.05, 0.1) is 11.9 Å². The zero-order valence-electron chi connectivity index (χ0n) is 11.7. The van der Waals surface area contributed by atoms with Gasteiger partial charge < -0.3 is 10.4 Å². The number of nitrogens with one attached hydrogen (secondary N) is 1. The molecule has 0 fully saturated rings. The number of carbonyl (C=O) groups excluding carboxylic acids is 1. The van der Waals surface area contributed by atoms with Crippen LogP contribution in [0.4, 0.5) is 0 Å². The SMILES string of the molecule is C[C@@H](NC(=O)CCc1cnn(-c2ccccc2)c1)C(=O)O. The minimum absolute atomic E-state index is 0.234. The van der Waals surface area contributed by atoms with E-state index in [0.29, 0.717) is 6.42 Å². The number of hydrogen-bond donors (Lipinski definition) is 2. The lowest BCUT2D eigenvalue weighted by molar-refractivity contribution is -0.141. The van der Waals surface area contributed by atoms with E-state index in [0.717, 1.165) is 11.3 Å². The van der Waals surface area contributed by atoms with Crippen molar-refractivity contribution in [1.82, 2.24) is 15.1 Å². The standard InChI is InChI=1S/C15H17N3O3/c1-11(15(20)21)17-14(19)8-7-12-9-16-18(10-12)13-5-3-2-4-6-13/h2-6,9-11H,7-8H2,1H3,(H,17,19)(H,20,21)/t11-/m1/s1. The van der Waals surface area contributed by atoms with Crippen LogP contribution >= 0.6 is 0 Å². The highest BCUT2D eigenvalue weighted by atomic mass is 16.4. The van der Waals surface area contributed by atoms with Crippen LogP contribution in [0, 0.1) is 0 Å². The molecule has 2 rings (SSSR count). The van der Waals surface area contributed by atoms with Gasteiger partial charge in [-0.05, 0) is 31.0 Å². The highest BCUT2D eigenvalue weighted by Crippen LogP contribution is 2.09. The Morgan fingerprint density at radius 1 is 1.33 bits per heavy atom. The van der Waals surface area contributed by atoms with Crippen molar-refractivity contribution in [2.24, 2.45) is 0 Å². The zero-order chi connectivity index (χ0) is 15.2. The van der Waals surface area contributed by atoms with Gasteiger partial charge in [-0.3, -0.25) is 9.59 Å². The van der Waals surface area contributed by atoms with E-state index in [2.05, 4.69) is 10.4 Å². The van der Waals surface area contributed by atoms with Gasteiger partial charge >= 0.3 is 5.97 Å². The van der Waals surface area contributed by atoms with E-state index >= 15 is 0 Å². The maximum atomic E-state index is 11.6. The molecule has 0 aliphatic heterocycles. The summed E-state index contributed by atoms with van der Waals surface area (Å²) in [7, 11) is 0. The summed E-state index contributed by atoms with van der Waals surface area (Å²) < 4.78 is 1.74. The largest absolute Gasteiger partial charge is 0.480 e. The second-order valence-electron chi connectivity index (χ2n) is 4.76. The number of aromatic nitrogens is 2. The number of amides is 1. The van der Waals surface area contributed by atoms with Gasteiger partial charge in [-0.15, -0.1) is 0 Å². The summed E-state index contributed by atoms with van der Waals surface area (Å²) in [4.78, 5) is 22.2. The van der Waals surface area contributed by atoms with Crippen molar-refractivity contribution in [3.05, 3.63) is 48.3 Å². The molecule has 0 aliphatic rings. The van der Waals surface area contributed by atoms with Crippen LogP contribution in [0.1, 0.15) is 18.9 Å². The molecule has 0 bridgehead atoms. The molecule has 1 aromatic heterocycles. The first-order valence-corrected chi connectivity index (χ1v) is 6.67. The van der Waals surface area contributed by atoms with E-state index in [1.165, 1.54) is 6.92 Å². The van der Waals surface area contributed by atoms with E-state index < -0.39 is 12.0 Å². The fourth-order valence-electron chi connectivity index (χ4n) is 1.84. The van der Waals surface area contributed by atoms with Crippen molar-refractivity contribution in [2.45, 2.75) is 25.8 Å². The molecule has 0 radical (unpaired) electrons. The van der Waals surface area contributed by atoms with E-state index in [-0.39, 0.29) is 12.3 Å². The summed E-state index contributed by atoms with van der Waals surface area (Å²) in [6, 6.07) is 8.80. The minimum atomic E-state index is -1.04. The Morgan fingerprint density at radius 3 is 2.71 bits per heavy atom. The normalized spacial score (nSPS) is 11.9. The van der Waals surface area contributed by atoms with Gasteiger partial charge in [-0.2, -0.15) is 5.10 Å². The monoisotopic (exact) mass is 287 g/mol. The van der Waals surface area contributed by atoms with Crippen LogP contribution in [0.2, 0.25) is 0 Å². The number of aryl methyl sites for hydroxylation is 1. The van der Waals surface area contributed by atoms with Gasteiger partial charge in [0.15, 0.2) is 0 Å². The first kappa shape index (κ1) is 14.8. The number of rotatable bonds is 6. The predicted molar refractivity (Wildman–Crippen MR) is 77.1 cm³/mol. The van der Waals surface area contributed by atoms with Crippen molar-refractivity contribution < 1.29 is 14.7 Å². The molecular weight excluding hydrogens is 270 g/mol. The number of carbonyl (C=O) groups is 2. The summed E-state index contributed by atoms with van der Waals surface area (Å²) in [6.45, 7) is 1.44. The average molecular weight is 287 g/mol. The number of nitrogens with zero attached hydrogens (tertiary/aromatic N) is 2. The van der Waals surface area contributed by atoms with Gasteiger partial charge in [-0.25, -0.2) is 4.68 Å². The number of hydrogen-bond acceptors (Lipinski definition) is 3. The highest BCUT2D eigenvalue weighted by molar-refractivity contribution is 5.83.